The van der Waals surface area contributed by atoms with Crippen LogP contribution in [-0.4, -0.2) is 66.1 Å². The molecule has 1 amide bonds. The predicted molar refractivity (Wildman–Crippen MR) is 120 cm³/mol. The maximum atomic E-state index is 12.5. The Balaban J connectivity index is 1.29. The molecule has 4 rings (SSSR count). The summed E-state index contributed by atoms with van der Waals surface area (Å²) in [6, 6.07) is 14.8. The van der Waals surface area contributed by atoms with Crippen LogP contribution in [0.5, 0.6) is 0 Å². The lowest BCUT2D eigenvalue weighted by Crippen LogP contribution is -2.36. The fraction of sp³-hybridized carbons (Fsp3) is 0.348. The number of esters is 1. The van der Waals surface area contributed by atoms with Gasteiger partial charge in [-0.05, 0) is 49.7 Å². The lowest BCUT2D eigenvalue weighted by atomic mass is 10.2. The lowest BCUT2D eigenvalue weighted by molar-refractivity contribution is -0.117. The van der Waals surface area contributed by atoms with E-state index in [4.69, 9.17) is 9.72 Å². The van der Waals surface area contributed by atoms with Gasteiger partial charge in [-0.3, -0.25) is 9.69 Å². The topological polar surface area (TPSA) is 90.6 Å². The van der Waals surface area contributed by atoms with Crippen LogP contribution in [-0.2, 0) is 9.53 Å². The predicted octanol–water partition coefficient (Wildman–Crippen LogP) is 2.89. The molecule has 2 heterocycles. The van der Waals surface area contributed by atoms with E-state index in [0.29, 0.717) is 24.4 Å². The van der Waals surface area contributed by atoms with Crippen LogP contribution in [0.4, 0.5) is 11.6 Å². The Labute approximate surface area is 181 Å². The van der Waals surface area contributed by atoms with E-state index in [1.54, 1.807) is 31.2 Å². The van der Waals surface area contributed by atoms with E-state index in [1.807, 2.05) is 24.3 Å². The Hall–Kier alpha value is -3.39. The molecule has 1 fully saturated rings. The number of fused-ring (bicyclic) bond motifs is 1. The molecular weight excluding hydrogens is 394 g/mol. The molecule has 162 valence electrons. The van der Waals surface area contributed by atoms with Gasteiger partial charge in [0.15, 0.2) is 0 Å². The first-order valence-corrected chi connectivity index (χ1v) is 10.6. The van der Waals surface area contributed by atoms with Crippen molar-refractivity contribution in [3.8, 4) is 0 Å². The van der Waals surface area contributed by atoms with Crippen LogP contribution in [0.1, 0.15) is 23.7 Å². The Morgan fingerprint density at radius 3 is 2.65 bits per heavy atom. The first-order chi connectivity index (χ1) is 15.1. The number of rotatable bonds is 6. The van der Waals surface area contributed by atoms with E-state index in [0.717, 1.165) is 49.6 Å². The molecule has 2 N–H and O–H groups in total. The Bertz CT molecular complexity index is 1010. The highest BCUT2D eigenvalue weighted by molar-refractivity contribution is 5.94. The van der Waals surface area contributed by atoms with Crippen molar-refractivity contribution in [2.24, 2.45) is 0 Å². The molecule has 1 aliphatic heterocycles. The van der Waals surface area contributed by atoms with Gasteiger partial charge in [-0.2, -0.15) is 0 Å². The van der Waals surface area contributed by atoms with Crippen molar-refractivity contribution in [2.75, 3.05) is 49.5 Å². The lowest BCUT2D eigenvalue weighted by Gasteiger charge is -2.21. The van der Waals surface area contributed by atoms with Crippen molar-refractivity contribution >= 4 is 34.5 Å². The largest absolute Gasteiger partial charge is 0.462 e. The molecule has 0 unspecified atom stereocenters. The number of carbonyl (C=O) groups excluding carboxylic acids is 2. The van der Waals surface area contributed by atoms with E-state index in [9.17, 15) is 9.59 Å². The van der Waals surface area contributed by atoms with Gasteiger partial charge in [-0.15, -0.1) is 0 Å². The minimum Gasteiger partial charge on any atom is -0.462 e. The van der Waals surface area contributed by atoms with Crippen LogP contribution in [0.25, 0.3) is 11.0 Å². The third-order valence-corrected chi connectivity index (χ3v) is 5.31. The highest BCUT2D eigenvalue weighted by Crippen LogP contribution is 2.18. The van der Waals surface area contributed by atoms with Crippen molar-refractivity contribution in [3.05, 3.63) is 54.1 Å². The SMILES string of the molecule is CCOC(=O)c1ccc(NC(=O)CN2CCCN(c3nc4ccccc4[nH]3)CC2)cc1. The van der Waals surface area contributed by atoms with Gasteiger partial charge in [0.1, 0.15) is 0 Å². The number of H-pyrrole nitrogens is 1. The number of carbonyl (C=O) groups is 2. The molecule has 1 aromatic heterocycles. The van der Waals surface area contributed by atoms with E-state index < -0.39 is 0 Å². The minimum atomic E-state index is -0.362. The summed E-state index contributed by atoms with van der Waals surface area (Å²) in [6.07, 6.45) is 0.957. The van der Waals surface area contributed by atoms with Crippen LogP contribution in [0.15, 0.2) is 48.5 Å². The fourth-order valence-corrected chi connectivity index (χ4v) is 3.74. The number of nitrogens with one attached hydrogen (secondary N) is 2. The maximum Gasteiger partial charge on any atom is 0.338 e. The van der Waals surface area contributed by atoms with Gasteiger partial charge in [-0.1, -0.05) is 12.1 Å². The van der Waals surface area contributed by atoms with E-state index >= 15 is 0 Å². The molecule has 1 aliphatic rings. The summed E-state index contributed by atoms with van der Waals surface area (Å²) in [4.78, 5) is 36.7. The van der Waals surface area contributed by atoms with Crippen LogP contribution >= 0.6 is 0 Å². The van der Waals surface area contributed by atoms with Gasteiger partial charge in [0.2, 0.25) is 11.9 Å². The summed E-state index contributed by atoms with van der Waals surface area (Å²) in [5, 5.41) is 2.90. The molecule has 8 heteroatoms. The molecule has 3 aromatic rings. The fourth-order valence-electron chi connectivity index (χ4n) is 3.74. The quantitative estimate of drug-likeness (QED) is 0.595. The summed E-state index contributed by atoms with van der Waals surface area (Å²) in [5.41, 5.74) is 3.13. The van der Waals surface area contributed by atoms with Gasteiger partial charge >= 0.3 is 5.97 Å². The second kappa shape index (κ2) is 9.61. The average Bonchev–Trinajstić information content (AvgIpc) is 3.07. The molecule has 0 bridgehead atoms. The Morgan fingerprint density at radius 1 is 1.06 bits per heavy atom. The van der Waals surface area contributed by atoms with E-state index in [-0.39, 0.29) is 11.9 Å². The zero-order valence-corrected chi connectivity index (χ0v) is 17.6. The number of benzene rings is 2. The Kier molecular flexibility index (Phi) is 6.47. The van der Waals surface area contributed by atoms with Crippen LogP contribution < -0.4 is 10.2 Å². The minimum absolute atomic E-state index is 0.0685. The zero-order valence-electron chi connectivity index (χ0n) is 17.6. The number of aromatic nitrogens is 2. The van der Waals surface area contributed by atoms with Gasteiger partial charge in [-0.25, -0.2) is 9.78 Å². The number of para-hydroxylation sites is 2. The van der Waals surface area contributed by atoms with E-state index in [1.165, 1.54) is 0 Å². The van der Waals surface area contributed by atoms with E-state index in [2.05, 4.69) is 20.1 Å². The van der Waals surface area contributed by atoms with Crippen LogP contribution in [0, 0.1) is 0 Å². The molecule has 2 aromatic carbocycles. The smallest absolute Gasteiger partial charge is 0.338 e. The average molecular weight is 422 g/mol. The first-order valence-electron chi connectivity index (χ1n) is 10.6. The van der Waals surface area contributed by atoms with Gasteiger partial charge in [0, 0.05) is 31.9 Å². The van der Waals surface area contributed by atoms with Crippen molar-refractivity contribution in [3.63, 3.8) is 0 Å². The Morgan fingerprint density at radius 2 is 1.87 bits per heavy atom. The number of ether oxygens (including phenoxy) is 1. The highest BCUT2D eigenvalue weighted by atomic mass is 16.5. The van der Waals surface area contributed by atoms with Gasteiger partial charge in [0.25, 0.3) is 0 Å². The zero-order chi connectivity index (χ0) is 21.6. The second-order valence-electron chi connectivity index (χ2n) is 7.54. The molecule has 8 nitrogen and oxygen atoms in total. The number of imidazole rings is 1. The number of hydrogen-bond donors (Lipinski definition) is 2. The second-order valence-corrected chi connectivity index (χ2v) is 7.54. The van der Waals surface area contributed by atoms with Crippen LogP contribution in [0.3, 0.4) is 0 Å². The molecule has 0 aliphatic carbocycles. The summed E-state index contributed by atoms with van der Waals surface area (Å²) in [5.74, 6) is 0.453. The first kappa shape index (κ1) is 20.9. The number of hydrogen-bond acceptors (Lipinski definition) is 6. The molecule has 0 atom stereocenters. The summed E-state index contributed by atoms with van der Waals surface area (Å²) in [6.45, 7) is 5.77. The van der Waals surface area contributed by atoms with Gasteiger partial charge < -0.3 is 19.9 Å². The standard InChI is InChI=1S/C23H27N5O3/c1-2-31-22(30)17-8-10-18(11-9-17)24-21(29)16-27-12-5-13-28(15-14-27)23-25-19-6-3-4-7-20(19)26-23/h3-4,6-11H,2,5,12-16H2,1H3,(H,24,29)(H,25,26). The van der Waals surface area contributed by atoms with Crippen LogP contribution in [0.2, 0.25) is 0 Å². The third-order valence-electron chi connectivity index (χ3n) is 5.31. The van der Waals surface area contributed by atoms with Crippen molar-refractivity contribution in [1.82, 2.24) is 14.9 Å². The summed E-state index contributed by atoms with van der Waals surface area (Å²) < 4.78 is 4.98. The molecule has 0 saturated carbocycles. The third kappa shape index (κ3) is 5.21. The molecule has 0 spiro atoms. The normalized spacial score (nSPS) is 14.9. The molecule has 0 radical (unpaired) electrons. The maximum absolute atomic E-state index is 12.5. The monoisotopic (exact) mass is 421 g/mol. The molecule has 1 saturated heterocycles. The van der Waals surface area contributed by atoms with Crippen molar-refractivity contribution in [2.45, 2.75) is 13.3 Å². The van der Waals surface area contributed by atoms with Crippen molar-refractivity contribution < 1.29 is 14.3 Å². The summed E-state index contributed by atoms with van der Waals surface area (Å²) in [7, 11) is 0. The van der Waals surface area contributed by atoms with Crippen molar-refractivity contribution in [1.29, 1.82) is 0 Å². The molecular formula is C23H27N5O3. The number of nitrogens with zero attached hydrogens (tertiary/aromatic N) is 3. The highest BCUT2D eigenvalue weighted by Gasteiger charge is 2.19. The molecule has 31 heavy (non-hydrogen) atoms. The van der Waals surface area contributed by atoms with Gasteiger partial charge in [0.05, 0.1) is 29.7 Å². The number of amides is 1. The number of aromatic amines is 1. The number of anilines is 2. The summed E-state index contributed by atoms with van der Waals surface area (Å²) >= 11 is 0.